The first-order valence-electron chi connectivity index (χ1n) is 9.18. The van der Waals surface area contributed by atoms with Crippen molar-refractivity contribution in [2.45, 2.75) is 57.5 Å². The van der Waals surface area contributed by atoms with Crippen molar-refractivity contribution in [2.75, 3.05) is 38.6 Å². The normalized spacial score (nSPS) is 30.2. The summed E-state index contributed by atoms with van der Waals surface area (Å²) in [6, 6.07) is 2.81. The van der Waals surface area contributed by atoms with Gasteiger partial charge < -0.3 is 4.74 Å². The van der Waals surface area contributed by atoms with E-state index in [1.165, 1.54) is 0 Å². The summed E-state index contributed by atoms with van der Waals surface area (Å²) in [5, 5.41) is 9.50. The SMILES string of the molecule is C[C@H]1CN(C2CCOCC2)CCN1S(=O)(=O)CC1(C#N)CCCC1. The standard InChI is InChI=1S/C17H29N3O3S/c1-15-12-19(16-4-10-23-11-5-16)8-9-20(15)24(21,22)14-17(13-18)6-2-3-7-17/h15-16H,2-12,14H2,1H3/t15-/m0/s1. The van der Waals surface area contributed by atoms with Crippen molar-refractivity contribution in [1.82, 2.24) is 9.21 Å². The van der Waals surface area contributed by atoms with E-state index in [1.807, 2.05) is 6.92 Å². The molecule has 0 spiro atoms. The fourth-order valence-electron chi connectivity index (χ4n) is 4.54. The van der Waals surface area contributed by atoms with Gasteiger partial charge in [-0.1, -0.05) is 12.8 Å². The summed E-state index contributed by atoms with van der Waals surface area (Å²) in [6.07, 6.45) is 5.46. The van der Waals surface area contributed by atoms with E-state index in [-0.39, 0.29) is 11.8 Å². The lowest BCUT2D eigenvalue weighted by Crippen LogP contribution is -2.58. The summed E-state index contributed by atoms with van der Waals surface area (Å²) >= 11 is 0. The first-order valence-corrected chi connectivity index (χ1v) is 10.8. The van der Waals surface area contributed by atoms with Gasteiger partial charge in [-0.25, -0.2) is 8.42 Å². The zero-order valence-electron chi connectivity index (χ0n) is 14.6. The molecule has 1 atom stereocenters. The molecule has 6 nitrogen and oxygen atoms in total. The van der Waals surface area contributed by atoms with Gasteiger partial charge in [-0.05, 0) is 32.6 Å². The minimum atomic E-state index is -3.38. The van der Waals surface area contributed by atoms with E-state index in [0.29, 0.717) is 12.6 Å². The molecule has 0 aromatic heterocycles. The second-order valence-corrected chi connectivity index (χ2v) is 9.58. The molecule has 3 rings (SSSR count). The number of hydrogen-bond acceptors (Lipinski definition) is 5. The van der Waals surface area contributed by atoms with Crippen LogP contribution in [0, 0.1) is 16.7 Å². The molecule has 0 aromatic rings. The predicted molar refractivity (Wildman–Crippen MR) is 91.9 cm³/mol. The van der Waals surface area contributed by atoms with Gasteiger partial charge in [-0.15, -0.1) is 0 Å². The number of hydrogen-bond donors (Lipinski definition) is 0. The van der Waals surface area contributed by atoms with Crippen LogP contribution in [0.25, 0.3) is 0 Å². The largest absolute Gasteiger partial charge is 0.381 e. The molecule has 0 amide bonds. The Morgan fingerprint density at radius 3 is 2.46 bits per heavy atom. The zero-order chi connectivity index (χ0) is 17.2. The summed E-state index contributed by atoms with van der Waals surface area (Å²) in [6.45, 7) is 5.72. The van der Waals surface area contributed by atoms with Crippen LogP contribution in [0.1, 0.15) is 45.4 Å². The van der Waals surface area contributed by atoms with Crippen LogP contribution in [0.15, 0.2) is 0 Å². The lowest BCUT2D eigenvalue weighted by Gasteiger charge is -2.44. The maximum atomic E-state index is 12.9. The smallest absolute Gasteiger partial charge is 0.216 e. The minimum absolute atomic E-state index is 0.00188. The Morgan fingerprint density at radius 1 is 1.21 bits per heavy atom. The summed E-state index contributed by atoms with van der Waals surface area (Å²) < 4.78 is 33.0. The maximum absolute atomic E-state index is 12.9. The Balaban J connectivity index is 1.63. The van der Waals surface area contributed by atoms with E-state index in [1.54, 1.807) is 4.31 Å². The predicted octanol–water partition coefficient (Wildman–Crippen LogP) is 1.59. The Bertz CT molecular complexity index is 574. The molecule has 0 aromatic carbocycles. The summed E-state index contributed by atoms with van der Waals surface area (Å²) in [5.41, 5.74) is -0.656. The zero-order valence-corrected chi connectivity index (χ0v) is 15.4. The maximum Gasteiger partial charge on any atom is 0.216 e. The molecular weight excluding hydrogens is 326 g/mol. The highest BCUT2D eigenvalue weighted by Crippen LogP contribution is 2.39. The molecule has 24 heavy (non-hydrogen) atoms. The number of nitriles is 1. The van der Waals surface area contributed by atoms with Gasteiger partial charge in [-0.3, -0.25) is 4.90 Å². The second-order valence-electron chi connectivity index (χ2n) is 7.65. The minimum Gasteiger partial charge on any atom is -0.381 e. The number of rotatable bonds is 4. The van der Waals surface area contributed by atoms with Crippen molar-refractivity contribution in [2.24, 2.45) is 5.41 Å². The molecule has 0 bridgehead atoms. The molecule has 7 heteroatoms. The van der Waals surface area contributed by atoms with Crippen LogP contribution >= 0.6 is 0 Å². The van der Waals surface area contributed by atoms with Crippen molar-refractivity contribution in [3.8, 4) is 6.07 Å². The van der Waals surface area contributed by atoms with E-state index in [4.69, 9.17) is 4.74 Å². The number of piperazine rings is 1. The van der Waals surface area contributed by atoms with Gasteiger partial charge in [0.2, 0.25) is 10.0 Å². The van der Waals surface area contributed by atoms with E-state index in [2.05, 4.69) is 11.0 Å². The molecule has 1 aliphatic carbocycles. The third kappa shape index (κ3) is 3.77. The average Bonchev–Trinajstić information content (AvgIpc) is 3.03. The number of ether oxygens (including phenoxy) is 1. The third-order valence-electron chi connectivity index (χ3n) is 5.92. The van der Waals surface area contributed by atoms with Gasteiger partial charge in [0.1, 0.15) is 0 Å². The van der Waals surface area contributed by atoms with Gasteiger partial charge in [0.25, 0.3) is 0 Å². The van der Waals surface area contributed by atoms with Crippen molar-refractivity contribution in [3.05, 3.63) is 0 Å². The van der Waals surface area contributed by atoms with E-state index in [0.717, 1.165) is 64.8 Å². The highest BCUT2D eigenvalue weighted by molar-refractivity contribution is 7.89. The molecular formula is C17H29N3O3S. The Morgan fingerprint density at radius 2 is 1.88 bits per heavy atom. The molecule has 0 unspecified atom stereocenters. The van der Waals surface area contributed by atoms with Crippen LogP contribution in [0.2, 0.25) is 0 Å². The van der Waals surface area contributed by atoms with Crippen molar-refractivity contribution < 1.29 is 13.2 Å². The van der Waals surface area contributed by atoms with Crippen LogP contribution in [-0.2, 0) is 14.8 Å². The monoisotopic (exact) mass is 355 g/mol. The topological polar surface area (TPSA) is 73.6 Å². The molecule has 1 saturated carbocycles. The van der Waals surface area contributed by atoms with Gasteiger partial charge in [0.05, 0.1) is 17.2 Å². The average molecular weight is 356 g/mol. The molecule has 3 fully saturated rings. The van der Waals surface area contributed by atoms with Gasteiger partial charge in [0, 0.05) is 44.9 Å². The van der Waals surface area contributed by atoms with Crippen LogP contribution in [-0.4, -0.2) is 68.3 Å². The van der Waals surface area contributed by atoms with Crippen LogP contribution in [0.4, 0.5) is 0 Å². The Kier molecular flexibility index (Phi) is 5.50. The fourth-order valence-corrected chi connectivity index (χ4v) is 6.73. The lowest BCUT2D eigenvalue weighted by atomic mass is 9.91. The first kappa shape index (κ1) is 18.1. The van der Waals surface area contributed by atoms with Crippen molar-refractivity contribution in [3.63, 3.8) is 0 Å². The van der Waals surface area contributed by atoms with E-state index in [9.17, 15) is 13.7 Å². The Labute approximate surface area is 145 Å². The number of nitrogens with zero attached hydrogens (tertiary/aromatic N) is 3. The summed E-state index contributed by atoms with van der Waals surface area (Å²) in [4.78, 5) is 2.43. The molecule has 3 aliphatic rings. The Hall–Kier alpha value is -0.680. The van der Waals surface area contributed by atoms with Crippen molar-refractivity contribution >= 4 is 10.0 Å². The molecule has 136 valence electrons. The third-order valence-corrected chi connectivity index (χ3v) is 8.09. The van der Waals surface area contributed by atoms with Crippen LogP contribution in [0.3, 0.4) is 0 Å². The number of sulfonamides is 1. The lowest BCUT2D eigenvalue weighted by molar-refractivity contribution is 0.0136. The molecule has 2 aliphatic heterocycles. The first-order chi connectivity index (χ1) is 11.5. The summed E-state index contributed by atoms with van der Waals surface area (Å²) in [7, 11) is -3.38. The van der Waals surface area contributed by atoms with Gasteiger partial charge in [-0.2, -0.15) is 9.57 Å². The van der Waals surface area contributed by atoms with Crippen LogP contribution < -0.4 is 0 Å². The van der Waals surface area contributed by atoms with Crippen molar-refractivity contribution in [1.29, 1.82) is 5.26 Å². The van der Waals surface area contributed by atoms with E-state index < -0.39 is 15.4 Å². The molecule has 0 N–H and O–H groups in total. The quantitative estimate of drug-likeness (QED) is 0.765. The highest BCUT2D eigenvalue weighted by atomic mass is 32.2. The molecule has 0 radical (unpaired) electrons. The van der Waals surface area contributed by atoms with Gasteiger partial charge >= 0.3 is 0 Å². The summed E-state index contributed by atoms with van der Waals surface area (Å²) in [5.74, 6) is -0.00188. The van der Waals surface area contributed by atoms with Crippen LogP contribution in [0.5, 0.6) is 0 Å². The molecule has 2 saturated heterocycles. The molecule has 2 heterocycles. The second kappa shape index (κ2) is 7.28. The fraction of sp³-hybridized carbons (Fsp3) is 0.941. The van der Waals surface area contributed by atoms with Gasteiger partial charge in [0.15, 0.2) is 0 Å². The van der Waals surface area contributed by atoms with E-state index >= 15 is 0 Å². The highest BCUT2D eigenvalue weighted by Gasteiger charge is 2.43.